The lowest BCUT2D eigenvalue weighted by Gasteiger charge is -2.21. The first-order valence-electron chi connectivity index (χ1n) is 7.39. The van der Waals surface area contributed by atoms with Crippen molar-refractivity contribution in [3.8, 4) is 0 Å². The number of nitrogens with zero attached hydrogens (tertiary/aromatic N) is 1. The zero-order valence-electron chi connectivity index (χ0n) is 13.7. The standard InChI is InChI=1S/C16H26FN3O2/c1-5-18-15(20-11-16(2,3)22-4)19-10-14(21)12-6-8-13(17)9-7-12/h6-9,14,21H,5,10-11H2,1-4H3,(H2,18,19,20). The van der Waals surface area contributed by atoms with E-state index in [1.54, 1.807) is 19.2 Å². The first-order chi connectivity index (χ1) is 10.4. The molecule has 1 aromatic carbocycles. The molecule has 0 saturated heterocycles. The number of nitrogens with one attached hydrogen (secondary N) is 2. The third-order valence-electron chi connectivity index (χ3n) is 3.23. The number of aliphatic imine (C=N–C) groups is 1. The van der Waals surface area contributed by atoms with Gasteiger partial charge in [-0.25, -0.2) is 4.39 Å². The fraction of sp³-hybridized carbons (Fsp3) is 0.562. The van der Waals surface area contributed by atoms with Gasteiger partial charge in [0.05, 0.1) is 18.2 Å². The summed E-state index contributed by atoms with van der Waals surface area (Å²) >= 11 is 0. The van der Waals surface area contributed by atoms with Crippen molar-refractivity contribution in [3.63, 3.8) is 0 Å². The maximum Gasteiger partial charge on any atom is 0.191 e. The van der Waals surface area contributed by atoms with Gasteiger partial charge in [-0.2, -0.15) is 0 Å². The molecule has 0 amide bonds. The van der Waals surface area contributed by atoms with Gasteiger partial charge >= 0.3 is 0 Å². The van der Waals surface area contributed by atoms with Gasteiger partial charge in [-0.15, -0.1) is 0 Å². The molecule has 1 unspecified atom stereocenters. The van der Waals surface area contributed by atoms with Crippen molar-refractivity contribution in [1.82, 2.24) is 10.6 Å². The fourth-order valence-corrected chi connectivity index (χ4v) is 1.67. The van der Waals surface area contributed by atoms with Crippen molar-refractivity contribution in [1.29, 1.82) is 0 Å². The molecular formula is C16H26FN3O2. The Morgan fingerprint density at radius 2 is 1.95 bits per heavy atom. The van der Waals surface area contributed by atoms with E-state index in [9.17, 15) is 9.50 Å². The van der Waals surface area contributed by atoms with Crippen molar-refractivity contribution >= 4 is 5.96 Å². The summed E-state index contributed by atoms with van der Waals surface area (Å²) in [6.45, 7) is 7.36. The van der Waals surface area contributed by atoms with Gasteiger partial charge in [0.2, 0.25) is 0 Å². The van der Waals surface area contributed by atoms with Gasteiger partial charge in [-0.05, 0) is 38.5 Å². The summed E-state index contributed by atoms with van der Waals surface area (Å²) in [5, 5.41) is 16.3. The van der Waals surface area contributed by atoms with Crippen molar-refractivity contribution in [2.75, 3.05) is 26.7 Å². The van der Waals surface area contributed by atoms with E-state index in [0.717, 1.165) is 0 Å². The Morgan fingerprint density at radius 3 is 2.50 bits per heavy atom. The third kappa shape index (κ3) is 6.41. The monoisotopic (exact) mass is 311 g/mol. The zero-order valence-corrected chi connectivity index (χ0v) is 13.7. The Bertz CT molecular complexity index is 475. The van der Waals surface area contributed by atoms with Crippen LogP contribution in [0.2, 0.25) is 0 Å². The van der Waals surface area contributed by atoms with Crippen molar-refractivity contribution in [2.24, 2.45) is 4.99 Å². The Labute approximate surface area is 131 Å². The molecule has 0 aliphatic heterocycles. The summed E-state index contributed by atoms with van der Waals surface area (Å²) in [5.74, 6) is 0.286. The predicted octanol–water partition coefficient (Wildman–Crippen LogP) is 1.84. The second-order valence-electron chi connectivity index (χ2n) is 5.61. The van der Waals surface area contributed by atoms with Gasteiger partial charge in [-0.1, -0.05) is 12.1 Å². The molecule has 0 saturated carbocycles. The molecule has 6 heteroatoms. The number of methoxy groups -OCH3 is 1. The molecule has 124 valence electrons. The lowest BCUT2D eigenvalue weighted by atomic mass is 10.1. The van der Waals surface area contributed by atoms with E-state index < -0.39 is 6.10 Å². The highest BCUT2D eigenvalue weighted by atomic mass is 19.1. The molecule has 1 atom stereocenters. The Balaban J connectivity index is 2.59. The second kappa shape index (κ2) is 8.70. The number of aliphatic hydroxyl groups is 1. The molecule has 1 aromatic rings. The van der Waals surface area contributed by atoms with Crippen LogP contribution < -0.4 is 10.6 Å². The first-order valence-corrected chi connectivity index (χ1v) is 7.39. The molecule has 5 nitrogen and oxygen atoms in total. The van der Waals surface area contributed by atoms with E-state index in [-0.39, 0.29) is 18.0 Å². The number of benzene rings is 1. The van der Waals surface area contributed by atoms with E-state index >= 15 is 0 Å². The van der Waals surface area contributed by atoms with Gasteiger partial charge in [0.15, 0.2) is 5.96 Å². The number of halogens is 1. The number of hydrogen-bond donors (Lipinski definition) is 3. The van der Waals surface area contributed by atoms with Crippen LogP contribution >= 0.6 is 0 Å². The fourth-order valence-electron chi connectivity index (χ4n) is 1.67. The van der Waals surface area contributed by atoms with Crippen LogP contribution in [-0.2, 0) is 4.74 Å². The van der Waals surface area contributed by atoms with Crippen LogP contribution in [0.4, 0.5) is 4.39 Å². The van der Waals surface area contributed by atoms with Crippen LogP contribution in [0.15, 0.2) is 29.3 Å². The Hall–Kier alpha value is -1.66. The van der Waals surface area contributed by atoms with Gasteiger partial charge in [-0.3, -0.25) is 4.99 Å². The molecule has 22 heavy (non-hydrogen) atoms. The summed E-state index contributed by atoms with van der Waals surface area (Å²) in [6, 6.07) is 5.80. The normalized spacial score (nSPS) is 13.8. The molecule has 0 heterocycles. The number of hydrogen-bond acceptors (Lipinski definition) is 3. The average molecular weight is 311 g/mol. The van der Waals surface area contributed by atoms with Gasteiger partial charge in [0, 0.05) is 20.2 Å². The van der Waals surface area contributed by atoms with Crippen LogP contribution in [0.25, 0.3) is 0 Å². The van der Waals surface area contributed by atoms with Crippen LogP contribution in [-0.4, -0.2) is 43.4 Å². The molecule has 0 fully saturated rings. The molecule has 3 N–H and O–H groups in total. The molecule has 0 radical (unpaired) electrons. The first kappa shape index (κ1) is 18.4. The minimum Gasteiger partial charge on any atom is -0.387 e. The zero-order chi connectivity index (χ0) is 16.6. The number of guanidine groups is 1. The minimum absolute atomic E-state index is 0.283. The van der Waals surface area contributed by atoms with Crippen molar-refractivity contribution < 1.29 is 14.2 Å². The van der Waals surface area contributed by atoms with Crippen molar-refractivity contribution in [3.05, 3.63) is 35.6 Å². The molecular weight excluding hydrogens is 285 g/mol. The highest BCUT2D eigenvalue weighted by Gasteiger charge is 2.16. The van der Waals surface area contributed by atoms with E-state index in [1.807, 2.05) is 20.8 Å². The smallest absolute Gasteiger partial charge is 0.191 e. The van der Waals surface area contributed by atoms with Crippen molar-refractivity contribution in [2.45, 2.75) is 32.5 Å². The average Bonchev–Trinajstić information content (AvgIpc) is 2.50. The van der Waals surface area contributed by atoms with E-state index in [0.29, 0.717) is 24.6 Å². The van der Waals surface area contributed by atoms with Crippen LogP contribution in [0.3, 0.4) is 0 Å². The summed E-state index contributed by atoms with van der Waals surface area (Å²) in [7, 11) is 1.65. The second-order valence-corrected chi connectivity index (χ2v) is 5.61. The van der Waals surface area contributed by atoms with Crippen LogP contribution in [0, 0.1) is 5.82 Å². The van der Waals surface area contributed by atoms with Gasteiger partial charge in [0.25, 0.3) is 0 Å². The highest BCUT2D eigenvalue weighted by Crippen LogP contribution is 2.12. The predicted molar refractivity (Wildman–Crippen MR) is 86.4 cm³/mol. The van der Waals surface area contributed by atoms with Crippen LogP contribution in [0.1, 0.15) is 32.4 Å². The van der Waals surface area contributed by atoms with Gasteiger partial charge < -0.3 is 20.5 Å². The highest BCUT2D eigenvalue weighted by molar-refractivity contribution is 5.79. The number of ether oxygens (including phenoxy) is 1. The quantitative estimate of drug-likeness (QED) is 0.531. The van der Waals surface area contributed by atoms with E-state index in [4.69, 9.17) is 4.74 Å². The molecule has 0 aromatic heterocycles. The summed E-state index contributed by atoms with van der Waals surface area (Å²) in [5.41, 5.74) is 0.305. The summed E-state index contributed by atoms with van der Waals surface area (Å²) in [6.07, 6.45) is -0.736. The molecule has 0 bridgehead atoms. The molecule has 0 aliphatic carbocycles. The lowest BCUT2D eigenvalue weighted by Crippen LogP contribution is -2.40. The van der Waals surface area contributed by atoms with E-state index in [1.165, 1.54) is 12.1 Å². The van der Waals surface area contributed by atoms with E-state index in [2.05, 4.69) is 15.6 Å². The minimum atomic E-state index is -0.736. The SMILES string of the molecule is CCNC(=NCC(C)(C)OC)NCC(O)c1ccc(F)cc1. The van der Waals surface area contributed by atoms with Crippen LogP contribution in [0.5, 0.6) is 0 Å². The third-order valence-corrected chi connectivity index (χ3v) is 3.23. The molecule has 1 rings (SSSR count). The maximum absolute atomic E-state index is 12.9. The summed E-state index contributed by atoms with van der Waals surface area (Å²) < 4.78 is 18.2. The van der Waals surface area contributed by atoms with Gasteiger partial charge in [0.1, 0.15) is 5.82 Å². The largest absolute Gasteiger partial charge is 0.387 e. The molecule has 0 spiro atoms. The number of aliphatic hydroxyl groups excluding tert-OH is 1. The topological polar surface area (TPSA) is 65.9 Å². The maximum atomic E-state index is 12.9. The number of rotatable bonds is 7. The molecule has 0 aliphatic rings. The lowest BCUT2D eigenvalue weighted by molar-refractivity contribution is 0.0310. The Morgan fingerprint density at radius 1 is 1.32 bits per heavy atom. The Kier molecular flexibility index (Phi) is 7.27. The summed E-state index contributed by atoms with van der Waals surface area (Å²) in [4.78, 5) is 4.43.